The van der Waals surface area contributed by atoms with Crippen molar-refractivity contribution in [3.63, 3.8) is 0 Å². The van der Waals surface area contributed by atoms with Crippen LogP contribution in [0.15, 0.2) is 23.2 Å². The van der Waals surface area contributed by atoms with Gasteiger partial charge in [-0.25, -0.2) is 0 Å². The van der Waals surface area contributed by atoms with E-state index in [0.29, 0.717) is 11.8 Å². The fourth-order valence-electron chi connectivity index (χ4n) is 2.13. The minimum atomic E-state index is -8.29. The van der Waals surface area contributed by atoms with E-state index in [2.05, 4.69) is 21.0 Å². The van der Waals surface area contributed by atoms with Crippen LogP contribution >= 0.6 is 0 Å². The van der Waals surface area contributed by atoms with Crippen molar-refractivity contribution < 1.29 is 65.9 Å². The molecule has 0 atom stereocenters. The van der Waals surface area contributed by atoms with E-state index in [1.54, 1.807) is 0 Å². The average molecular weight is 579 g/mol. The molecule has 1 rings (SSSR count). The van der Waals surface area contributed by atoms with Crippen molar-refractivity contribution in [3.8, 4) is 0 Å². The van der Waals surface area contributed by atoms with Gasteiger partial charge in [0.25, 0.3) is 0 Å². The molecule has 0 bridgehead atoms. The topological polar surface area (TPSA) is 12.4 Å². The van der Waals surface area contributed by atoms with E-state index in [4.69, 9.17) is 0 Å². The molecule has 189 valence electrons. The van der Waals surface area contributed by atoms with Crippen LogP contribution in [0.5, 0.6) is 0 Å². The zero-order chi connectivity index (χ0) is 26.5. The minimum absolute atomic E-state index is 0.0810. The predicted molar refractivity (Wildman–Crippen MR) is 84.8 cm³/mol. The Labute approximate surface area is 182 Å². The Morgan fingerprint density at radius 2 is 1.12 bits per heavy atom. The molecule has 0 aliphatic rings. The molecule has 1 nitrogen and oxygen atoms in total. The first-order valence-electron chi connectivity index (χ1n) is 8.00. The maximum absolute atomic E-state index is 13.7. The van der Waals surface area contributed by atoms with Gasteiger partial charge in [0.2, 0.25) is 0 Å². The van der Waals surface area contributed by atoms with Crippen LogP contribution in [-0.2, 0) is 0 Å². The molecular weight excluding hydrogens is 570 g/mol. The zero-order valence-electron chi connectivity index (χ0n) is 15.5. The second kappa shape index (κ2) is 8.54. The van der Waals surface area contributed by atoms with Crippen LogP contribution in [0.2, 0.25) is 0 Å². The van der Waals surface area contributed by atoms with E-state index >= 15 is 0 Å². The summed E-state index contributed by atoms with van der Waals surface area (Å²) in [6, 6.07) is 3.94. The number of aliphatic imine (C=N–C) groups is 1. The monoisotopic (exact) mass is 580 g/mol. The summed E-state index contributed by atoms with van der Waals surface area (Å²) in [7, 11) is 0. The number of benzene rings is 1. The van der Waals surface area contributed by atoms with Crippen LogP contribution in [0, 0.1) is 6.92 Å². The number of aryl methyl sites for hydroxylation is 1. The van der Waals surface area contributed by atoms with Crippen LogP contribution in [0.3, 0.4) is 0 Å². The van der Waals surface area contributed by atoms with Crippen molar-refractivity contribution in [2.75, 3.05) is 6.54 Å². The van der Waals surface area contributed by atoms with Crippen LogP contribution in [-0.4, -0.2) is 70.5 Å². The molecule has 0 N–H and O–H groups in total. The molecule has 0 heterocycles. The van der Waals surface area contributed by atoms with Gasteiger partial charge in [0, 0.05) is 0 Å². The Morgan fingerprint density at radius 1 is 0.697 bits per heavy atom. The number of halogens is 15. The molecule has 0 spiro atoms. The summed E-state index contributed by atoms with van der Waals surface area (Å²) < 4.78 is 196. The van der Waals surface area contributed by atoms with Crippen molar-refractivity contribution >= 4 is 26.7 Å². The van der Waals surface area contributed by atoms with Crippen LogP contribution in [0.1, 0.15) is 11.1 Å². The van der Waals surface area contributed by atoms with Crippen LogP contribution in [0.4, 0.5) is 65.9 Å². The van der Waals surface area contributed by atoms with Crippen molar-refractivity contribution in [3.05, 3.63) is 29.3 Å². The van der Waals surface area contributed by atoms with E-state index in [-0.39, 0.29) is 10.0 Å². The summed E-state index contributed by atoms with van der Waals surface area (Å²) in [5.74, 6) is -46.6. The fraction of sp³-hybridized carbons (Fsp3) is 0.562. The van der Waals surface area contributed by atoms with Gasteiger partial charge in [-0.15, -0.1) is 0 Å². The molecule has 0 saturated carbocycles. The van der Waals surface area contributed by atoms with Crippen LogP contribution in [0.25, 0.3) is 0 Å². The molecule has 1 radical (unpaired) electrons. The zero-order valence-corrected chi connectivity index (χ0v) is 17.3. The Kier molecular flexibility index (Phi) is 7.61. The Hall–Kier alpha value is -1.64. The molecule has 0 unspecified atom stereocenters. The summed E-state index contributed by atoms with van der Waals surface area (Å²) in [4.78, 5) is 2.66. The van der Waals surface area contributed by atoms with Gasteiger partial charge in [-0.3, -0.25) is 0 Å². The molecular formula is C16H9F15NSe. The Balaban J connectivity index is 3.39. The first-order chi connectivity index (χ1) is 14.4. The molecule has 17 heteroatoms. The summed E-state index contributed by atoms with van der Waals surface area (Å²) in [6.45, 7) is -1.27. The van der Waals surface area contributed by atoms with E-state index in [0.717, 1.165) is 6.07 Å². The normalized spacial score (nSPS) is 15.4. The van der Waals surface area contributed by atoms with Crippen molar-refractivity contribution in [1.82, 2.24) is 0 Å². The van der Waals surface area contributed by atoms with Crippen molar-refractivity contribution in [1.29, 1.82) is 0 Å². The van der Waals surface area contributed by atoms with Crippen molar-refractivity contribution in [2.24, 2.45) is 4.99 Å². The molecule has 0 aliphatic carbocycles. The summed E-state index contributed by atoms with van der Waals surface area (Å²) >= 11 is 2.41. The van der Waals surface area contributed by atoms with Gasteiger partial charge in [0.1, 0.15) is 0 Å². The predicted octanol–water partition coefficient (Wildman–Crippen LogP) is 5.58. The SMILES string of the molecule is Cc1cccc(C=NCC(F)(F)C(F)(F)C(F)(F)C(F)(F)C(F)(F)C(F)(F)C(F)(F)F)c1[Se]. The van der Waals surface area contributed by atoms with Gasteiger partial charge in [0.15, 0.2) is 0 Å². The molecule has 1 aromatic carbocycles. The maximum atomic E-state index is 13.7. The molecule has 1 aromatic rings. The standard InChI is InChI=1S/C16H9F15NSe/c1-7-3-2-4-8(9(7)33)5-32-6-10(17,18)11(19,20)12(21,22)13(23,24)14(25,26)15(27,28)16(29,30)31/h2-5H,6H2,1H3. The molecule has 33 heavy (non-hydrogen) atoms. The number of nitrogens with zero attached hydrogens (tertiary/aromatic N) is 1. The van der Waals surface area contributed by atoms with Gasteiger partial charge in [-0.2, -0.15) is 13.2 Å². The first kappa shape index (κ1) is 29.4. The molecule has 0 fully saturated rings. The number of alkyl halides is 15. The van der Waals surface area contributed by atoms with Gasteiger partial charge in [-0.1, -0.05) is 0 Å². The summed E-state index contributed by atoms with van der Waals surface area (Å²) in [6.07, 6.45) is -7.23. The summed E-state index contributed by atoms with van der Waals surface area (Å²) in [5.41, 5.74) is 0.387. The molecule has 0 aromatic heterocycles. The average Bonchev–Trinajstić information content (AvgIpc) is 2.63. The quantitative estimate of drug-likeness (QED) is 0.217. The Morgan fingerprint density at radius 3 is 1.58 bits per heavy atom. The third-order valence-corrected chi connectivity index (χ3v) is 5.33. The number of rotatable bonds is 8. The van der Waals surface area contributed by atoms with E-state index in [1.165, 1.54) is 19.1 Å². The second-order valence-electron chi connectivity index (χ2n) is 6.54. The van der Waals surface area contributed by atoms with Gasteiger partial charge in [0.05, 0.1) is 0 Å². The third kappa shape index (κ3) is 4.54. The van der Waals surface area contributed by atoms with Crippen molar-refractivity contribution in [2.45, 2.75) is 48.6 Å². The third-order valence-electron chi connectivity index (χ3n) is 4.16. The second-order valence-corrected chi connectivity index (χ2v) is 7.39. The molecule has 0 amide bonds. The fourth-order valence-corrected chi connectivity index (χ4v) is 2.53. The first-order valence-corrected chi connectivity index (χ1v) is 8.86. The molecule has 0 saturated heterocycles. The van der Waals surface area contributed by atoms with E-state index in [1.807, 2.05) is 0 Å². The number of hydrogen-bond acceptors (Lipinski definition) is 1. The van der Waals surface area contributed by atoms with Gasteiger partial charge >= 0.3 is 169 Å². The van der Waals surface area contributed by atoms with Crippen LogP contribution < -0.4 is 4.46 Å². The number of hydrogen-bond donors (Lipinski definition) is 0. The van der Waals surface area contributed by atoms with E-state index in [9.17, 15) is 65.9 Å². The Bertz CT molecular complexity index is 888. The van der Waals surface area contributed by atoms with E-state index < -0.39 is 48.3 Å². The molecule has 0 aliphatic heterocycles. The summed E-state index contributed by atoms with van der Waals surface area (Å²) in [5, 5.41) is 0. The van der Waals surface area contributed by atoms with Gasteiger partial charge in [-0.05, 0) is 0 Å². The van der Waals surface area contributed by atoms with Gasteiger partial charge < -0.3 is 0 Å².